The average Bonchev–Trinajstić information content (AvgIpc) is 2.66. The number of aryl methyl sites for hydroxylation is 1. The lowest BCUT2D eigenvalue weighted by Crippen LogP contribution is -2.13. The Labute approximate surface area is 160 Å². The number of hydrogen-bond acceptors (Lipinski definition) is 2. The van der Waals surface area contributed by atoms with E-state index in [1.165, 1.54) is 12.1 Å². The van der Waals surface area contributed by atoms with Gasteiger partial charge in [-0.15, -0.1) is 0 Å². The van der Waals surface area contributed by atoms with E-state index in [-0.39, 0.29) is 29.9 Å². The molecule has 0 spiro atoms. The molecular weight excluding hydrogens is 369 g/mol. The van der Waals surface area contributed by atoms with Gasteiger partial charge in [0, 0.05) is 23.9 Å². The molecule has 2 aromatic rings. The molecule has 7 heteroatoms. The molecule has 2 rings (SSSR count). The zero-order valence-electron chi connectivity index (χ0n) is 14.9. The summed E-state index contributed by atoms with van der Waals surface area (Å²) in [5.41, 5.74) is 2.09. The number of alkyl halides is 3. The summed E-state index contributed by atoms with van der Waals surface area (Å²) < 4.78 is 37.1. The van der Waals surface area contributed by atoms with E-state index in [1.807, 2.05) is 0 Å². The standard InChI is InChI=1S/C21H19F3N2O2/c1-2-19(27)25-17-10-7-15(8-11-17)9-12-20(28)26-18-6-4-3-5-16(18)13-14-21(22,23)24/h2-8,10-11,13-14H,1,9,12H2,(H,25,27)(H,26,28)/b14-13+. The van der Waals surface area contributed by atoms with E-state index in [4.69, 9.17) is 0 Å². The maximum Gasteiger partial charge on any atom is 0.409 e. The minimum Gasteiger partial charge on any atom is -0.326 e. The van der Waals surface area contributed by atoms with Crippen LogP contribution in [0, 0.1) is 0 Å². The van der Waals surface area contributed by atoms with Crippen molar-refractivity contribution in [2.45, 2.75) is 19.0 Å². The molecule has 2 amide bonds. The fourth-order valence-corrected chi connectivity index (χ4v) is 2.36. The van der Waals surface area contributed by atoms with Crippen LogP contribution >= 0.6 is 0 Å². The SMILES string of the molecule is C=CC(=O)Nc1ccc(CCC(=O)Nc2ccccc2/C=C/C(F)(F)F)cc1. The molecule has 4 nitrogen and oxygen atoms in total. The minimum absolute atomic E-state index is 0.130. The predicted octanol–water partition coefficient (Wildman–Crippen LogP) is 4.96. The first-order chi connectivity index (χ1) is 13.3. The molecule has 0 fully saturated rings. The zero-order valence-corrected chi connectivity index (χ0v) is 14.9. The van der Waals surface area contributed by atoms with Crippen molar-refractivity contribution in [2.24, 2.45) is 0 Å². The number of carbonyl (C=O) groups excluding carboxylic acids is 2. The number of para-hydroxylation sites is 1. The normalized spacial score (nSPS) is 11.2. The van der Waals surface area contributed by atoms with Gasteiger partial charge < -0.3 is 10.6 Å². The van der Waals surface area contributed by atoms with Crippen molar-refractivity contribution in [1.82, 2.24) is 0 Å². The van der Waals surface area contributed by atoms with Crippen molar-refractivity contribution >= 4 is 29.3 Å². The van der Waals surface area contributed by atoms with Gasteiger partial charge in [0.05, 0.1) is 0 Å². The molecule has 0 bridgehead atoms. The topological polar surface area (TPSA) is 58.2 Å². The Balaban J connectivity index is 1.93. The molecule has 2 N–H and O–H groups in total. The van der Waals surface area contributed by atoms with Crippen molar-refractivity contribution in [3.05, 3.63) is 78.4 Å². The van der Waals surface area contributed by atoms with Crippen LogP contribution in [-0.4, -0.2) is 18.0 Å². The highest BCUT2D eigenvalue weighted by atomic mass is 19.4. The molecule has 0 atom stereocenters. The van der Waals surface area contributed by atoms with Crippen LogP contribution in [0.15, 0.2) is 67.3 Å². The number of nitrogens with one attached hydrogen (secondary N) is 2. The third-order valence-corrected chi connectivity index (χ3v) is 3.73. The molecule has 2 aromatic carbocycles. The maximum absolute atomic E-state index is 12.4. The predicted molar refractivity (Wildman–Crippen MR) is 104 cm³/mol. The molecule has 0 heterocycles. The molecule has 0 aliphatic heterocycles. The van der Waals surface area contributed by atoms with Crippen LogP contribution in [0.1, 0.15) is 17.5 Å². The molecule has 0 unspecified atom stereocenters. The highest BCUT2D eigenvalue weighted by molar-refractivity contribution is 5.98. The zero-order chi connectivity index (χ0) is 20.6. The first kappa shape index (κ1) is 21.0. The smallest absolute Gasteiger partial charge is 0.326 e. The fraction of sp³-hybridized carbons (Fsp3) is 0.143. The minimum atomic E-state index is -4.42. The van der Waals surface area contributed by atoms with Gasteiger partial charge in [-0.3, -0.25) is 9.59 Å². The van der Waals surface area contributed by atoms with Crippen LogP contribution in [0.4, 0.5) is 24.5 Å². The third kappa shape index (κ3) is 7.11. The Morgan fingerprint density at radius 2 is 1.68 bits per heavy atom. The lowest BCUT2D eigenvalue weighted by Gasteiger charge is -2.09. The fourth-order valence-electron chi connectivity index (χ4n) is 2.36. The van der Waals surface area contributed by atoms with E-state index >= 15 is 0 Å². The van der Waals surface area contributed by atoms with Gasteiger partial charge >= 0.3 is 6.18 Å². The van der Waals surface area contributed by atoms with Crippen LogP contribution in [0.25, 0.3) is 6.08 Å². The Morgan fingerprint density at radius 1 is 1.00 bits per heavy atom. The van der Waals surface area contributed by atoms with Crippen LogP contribution < -0.4 is 10.6 Å². The van der Waals surface area contributed by atoms with Gasteiger partial charge in [0.1, 0.15) is 0 Å². The van der Waals surface area contributed by atoms with Crippen molar-refractivity contribution in [2.75, 3.05) is 10.6 Å². The van der Waals surface area contributed by atoms with E-state index in [0.29, 0.717) is 17.8 Å². The van der Waals surface area contributed by atoms with Gasteiger partial charge in [-0.05, 0) is 47.9 Å². The summed E-state index contributed by atoms with van der Waals surface area (Å²) in [5.74, 6) is -0.623. The molecule has 0 radical (unpaired) electrons. The quantitative estimate of drug-likeness (QED) is 0.659. The number of halogens is 3. The van der Waals surface area contributed by atoms with Crippen molar-refractivity contribution < 1.29 is 22.8 Å². The summed E-state index contributed by atoms with van der Waals surface area (Å²) in [6.45, 7) is 3.37. The first-order valence-electron chi connectivity index (χ1n) is 8.44. The number of benzene rings is 2. The van der Waals surface area contributed by atoms with Crippen LogP contribution in [0.3, 0.4) is 0 Å². The van der Waals surface area contributed by atoms with E-state index in [2.05, 4.69) is 17.2 Å². The summed E-state index contributed by atoms with van der Waals surface area (Å²) in [6, 6.07) is 13.3. The summed E-state index contributed by atoms with van der Waals surface area (Å²) in [5, 5.41) is 5.26. The average molecular weight is 388 g/mol. The third-order valence-electron chi connectivity index (χ3n) is 3.73. The number of amides is 2. The van der Waals surface area contributed by atoms with E-state index in [0.717, 1.165) is 11.6 Å². The maximum atomic E-state index is 12.4. The second-order valence-corrected chi connectivity index (χ2v) is 5.90. The summed E-state index contributed by atoms with van der Waals surface area (Å²) in [6.07, 6.45) is -1.59. The van der Waals surface area contributed by atoms with E-state index in [9.17, 15) is 22.8 Å². The molecule has 28 heavy (non-hydrogen) atoms. The molecule has 0 aliphatic carbocycles. The van der Waals surface area contributed by atoms with Crippen LogP contribution in [0.5, 0.6) is 0 Å². The van der Waals surface area contributed by atoms with E-state index < -0.39 is 6.18 Å². The molecule has 0 aromatic heterocycles. The van der Waals surface area contributed by atoms with Crippen LogP contribution in [-0.2, 0) is 16.0 Å². The van der Waals surface area contributed by atoms with Gasteiger partial charge in [-0.25, -0.2) is 0 Å². The molecule has 0 saturated carbocycles. The lowest BCUT2D eigenvalue weighted by atomic mass is 10.1. The highest BCUT2D eigenvalue weighted by Crippen LogP contribution is 2.22. The Bertz CT molecular complexity index is 872. The van der Waals surface area contributed by atoms with Gasteiger partial charge in [0.25, 0.3) is 0 Å². The van der Waals surface area contributed by atoms with Gasteiger partial charge in [0.2, 0.25) is 11.8 Å². The lowest BCUT2D eigenvalue weighted by molar-refractivity contribution is -0.116. The highest BCUT2D eigenvalue weighted by Gasteiger charge is 2.22. The Morgan fingerprint density at radius 3 is 2.32 bits per heavy atom. The molecule has 146 valence electrons. The van der Waals surface area contributed by atoms with Gasteiger partial charge in [-0.2, -0.15) is 13.2 Å². The molecular formula is C21H19F3N2O2. The largest absolute Gasteiger partial charge is 0.409 e. The monoisotopic (exact) mass is 388 g/mol. The number of carbonyl (C=O) groups is 2. The van der Waals surface area contributed by atoms with Gasteiger partial charge in [-0.1, -0.05) is 36.9 Å². The second-order valence-electron chi connectivity index (χ2n) is 5.90. The number of anilines is 2. The Kier molecular flexibility index (Phi) is 7.14. The summed E-state index contributed by atoms with van der Waals surface area (Å²) in [7, 11) is 0. The molecule has 0 aliphatic rings. The van der Waals surface area contributed by atoms with Gasteiger partial charge in [0.15, 0.2) is 0 Å². The number of allylic oxidation sites excluding steroid dienone is 1. The Hall–Kier alpha value is -3.35. The first-order valence-corrected chi connectivity index (χ1v) is 8.44. The summed E-state index contributed by atoms with van der Waals surface area (Å²) in [4.78, 5) is 23.4. The van der Waals surface area contributed by atoms with Crippen molar-refractivity contribution in [3.8, 4) is 0 Å². The summed E-state index contributed by atoms with van der Waals surface area (Å²) >= 11 is 0. The second kappa shape index (κ2) is 9.55. The number of hydrogen-bond donors (Lipinski definition) is 2. The van der Waals surface area contributed by atoms with Crippen LogP contribution in [0.2, 0.25) is 0 Å². The number of rotatable bonds is 7. The van der Waals surface area contributed by atoms with Crippen molar-refractivity contribution in [1.29, 1.82) is 0 Å². The van der Waals surface area contributed by atoms with E-state index in [1.54, 1.807) is 42.5 Å². The molecule has 0 saturated heterocycles. The van der Waals surface area contributed by atoms with Crippen molar-refractivity contribution in [3.63, 3.8) is 0 Å².